The maximum atomic E-state index is 10.1. The van der Waals surface area contributed by atoms with Crippen LogP contribution in [-0.4, -0.2) is 0 Å². The Hall–Kier alpha value is -1.29. The topological polar surface area (TPSA) is 23.8 Å². The Labute approximate surface area is 160 Å². The first-order valence-electron chi connectivity index (χ1n) is 11.4. The van der Waals surface area contributed by atoms with E-state index in [1.54, 1.807) is 5.56 Å². The lowest BCUT2D eigenvalue weighted by Crippen LogP contribution is -2.14. The molecule has 1 aromatic carbocycles. The maximum absolute atomic E-state index is 10.1. The van der Waals surface area contributed by atoms with Gasteiger partial charge in [-0.3, -0.25) is 0 Å². The van der Waals surface area contributed by atoms with Crippen LogP contribution in [0.15, 0.2) is 12.1 Å². The third-order valence-corrected chi connectivity index (χ3v) is 7.50. The normalized spacial score (nSPS) is 23.7. The van der Waals surface area contributed by atoms with E-state index in [9.17, 15) is 5.26 Å². The summed E-state index contributed by atoms with van der Waals surface area (Å²) in [6, 6.07) is 7.68. The second kappa shape index (κ2) is 8.60. The van der Waals surface area contributed by atoms with Gasteiger partial charge in [0.25, 0.3) is 0 Å². The number of hydrogen-bond acceptors (Lipinski definition) is 1. The van der Waals surface area contributed by atoms with Crippen molar-refractivity contribution in [1.29, 1.82) is 5.26 Å². The molecule has 4 rings (SSSR count). The van der Waals surface area contributed by atoms with Crippen LogP contribution < -0.4 is 0 Å². The van der Waals surface area contributed by atoms with Gasteiger partial charge in [0, 0.05) is 0 Å². The van der Waals surface area contributed by atoms with Crippen molar-refractivity contribution < 1.29 is 0 Å². The fourth-order valence-corrected chi connectivity index (χ4v) is 5.98. The lowest BCUT2D eigenvalue weighted by molar-refractivity contribution is 0.426. The van der Waals surface area contributed by atoms with Gasteiger partial charge in [-0.25, -0.2) is 0 Å². The van der Waals surface area contributed by atoms with E-state index in [1.165, 1.54) is 107 Å². The molecule has 0 spiro atoms. The van der Waals surface area contributed by atoms with Crippen molar-refractivity contribution in [2.24, 2.45) is 0 Å². The second-order valence-corrected chi connectivity index (χ2v) is 9.19. The van der Waals surface area contributed by atoms with Gasteiger partial charge in [-0.2, -0.15) is 5.26 Å². The molecule has 0 unspecified atom stereocenters. The van der Waals surface area contributed by atoms with Crippen LogP contribution in [0.3, 0.4) is 0 Å². The average molecular weight is 350 g/mol. The summed E-state index contributed by atoms with van der Waals surface area (Å²) >= 11 is 0. The van der Waals surface area contributed by atoms with Crippen molar-refractivity contribution in [3.8, 4) is 6.07 Å². The summed E-state index contributed by atoms with van der Waals surface area (Å²) < 4.78 is 0. The average Bonchev–Trinajstić information content (AvgIpc) is 2.74. The lowest BCUT2D eigenvalue weighted by atomic mass is 9.74. The Morgan fingerprint density at radius 2 is 0.962 bits per heavy atom. The van der Waals surface area contributed by atoms with Gasteiger partial charge in [-0.05, 0) is 73.0 Å². The van der Waals surface area contributed by atoms with Gasteiger partial charge < -0.3 is 0 Å². The first kappa shape index (κ1) is 18.1. The molecule has 140 valence electrons. The van der Waals surface area contributed by atoms with Crippen LogP contribution in [0, 0.1) is 11.3 Å². The minimum atomic E-state index is 0.643. The number of rotatable bonds is 3. The molecule has 0 aliphatic heterocycles. The van der Waals surface area contributed by atoms with Crippen molar-refractivity contribution in [3.63, 3.8) is 0 Å². The van der Waals surface area contributed by atoms with Crippen molar-refractivity contribution >= 4 is 0 Å². The Kier molecular flexibility index (Phi) is 5.98. The van der Waals surface area contributed by atoms with Crippen LogP contribution in [-0.2, 0) is 0 Å². The molecule has 0 amide bonds. The third kappa shape index (κ3) is 3.85. The number of nitriles is 1. The predicted octanol–water partition coefficient (Wildman–Crippen LogP) is 7.70. The Balaban J connectivity index is 1.75. The zero-order chi connectivity index (χ0) is 17.8. The van der Waals surface area contributed by atoms with Gasteiger partial charge in [0.15, 0.2) is 0 Å². The van der Waals surface area contributed by atoms with Crippen LogP contribution in [0.5, 0.6) is 0 Å². The zero-order valence-corrected chi connectivity index (χ0v) is 16.4. The quantitative estimate of drug-likeness (QED) is 0.548. The predicted molar refractivity (Wildman–Crippen MR) is 109 cm³/mol. The summed E-state index contributed by atoms with van der Waals surface area (Å²) in [6.45, 7) is 0. The summed E-state index contributed by atoms with van der Waals surface area (Å²) in [7, 11) is 0. The molecule has 0 bridgehead atoms. The van der Waals surface area contributed by atoms with Crippen LogP contribution >= 0.6 is 0 Å². The molecule has 26 heavy (non-hydrogen) atoms. The number of hydrogen-bond donors (Lipinski definition) is 0. The van der Waals surface area contributed by atoms with Crippen molar-refractivity contribution in [2.75, 3.05) is 0 Å². The number of nitrogens with zero attached hydrogens (tertiary/aromatic N) is 1. The van der Waals surface area contributed by atoms with Gasteiger partial charge >= 0.3 is 0 Å². The number of benzene rings is 1. The van der Waals surface area contributed by atoms with Gasteiger partial charge in [-0.15, -0.1) is 0 Å². The van der Waals surface area contributed by atoms with E-state index >= 15 is 0 Å². The first-order chi connectivity index (χ1) is 12.9. The Bertz CT molecular complexity index is 596. The molecular formula is C25H35N. The highest BCUT2D eigenvalue weighted by Gasteiger charge is 2.27. The van der Waals surface area contributed by atoms with Crippen LogP contribution in [0.4, 0.5) is 0 Å². The van der Waals surface area contributed by atoms with E-state index in [-0.39, 0.29) is 0 Å². The van der Waals surface area contributed by atoms with Gasteiger partial charge in [0.1, 0.15) is 0 Å². The smallest absolute Gasteiger partial charge is 0.0997 e. The van der Waals surface area contributed by atoms with E-state index < -0.39 is 0 Å². The van der Waals surface area contributed by atoms with E-state index in [0.29, 0.717) is 11.8 Å². The van der Waals surface area contributed by atoms with Gasteiger partial charge in [0.05, 0.1) is 11.6 Å². The summed E-state index contributed by atoms with van der Waals surface area (Å²) in [6.07, 6.45) is 20.3. The molecule has 3 fully saturated rings. The molecule has 0 saturated heterocycles. The van der Waals surface area contributed by atoms with Gasteiger partial charge in [-0.1, -0.05) is 69.9 Å². The third-order valence-electron chi connectivity index (χ3n) is 7.50. The standard InChI is InChI=1S/C25H35N/c26-18-25-23(20-12-6-2-7-13-20)16-22(19-10-4-1-5-11-19)17-24(25)21-14-8-3-9-15-21/h16-17,19-21H,1-15H2. The minimum absolute atomic E-state index is 0.643. The summed E-state index contributed by atoms with van der Waals surface area (Å²) in [5.41, 5.74) is 5.56. The maximum Gasteiger partial charge on any atom is 0.0997 e. The molecule has 0 heterocycles. The second-order valence-electron chi connectivity index (χ2n) is 9.19. The SMILES string of the molecule is N#Cc1c(C2CCCCC2)cc(C2CCCCC2)cc1C1CCCCC1. The van der Waals surface area contributed by atoms with Crippen LogP contribution in [0.25, 0.3) is 0 Å². The molecule has 1 nitrogen and oxygen atoms in total. The molecule has 0 N–H and O–H groups in total. The highest BCUT2D eigenvalue weighted by molar-refractivity contribution is 5.51. The van der Waals surface area contributed by atoms with Crippen molar-refractivity contribution in [2.45, 2.75) is 114 Å². The molecule has 0 aromatic heterocycles. The van der Waals surface area contributed by atoms with Crippen molar-refractivity contribution in [3.05, 3.63) is 34.4 Å². The highest BCUT2D eigenvalue weighted by atomic mass is 14.3. The van der Waals surface area contributed by atoms with Crippen molar-refractivity contribution in [1.82, 2.24) is 0 Å². The fourth-order valence-electron chi connectivity index (χ4n) is 5.98. The lowest BCUT2D eigenvalue weighted by Gasteiger charge is -2.30. The van der Waals surface area contributed by atoms with Crippen LogP contribution in [0.1, 0.15) is 136 Å². The monoisotopic (exact) mass is 349 g/mol. The summed E-state index contributed by atoms with van der Waals surface area (Å²) in [5, 5.41) is 10.1. The first-order valence-corrected chi connectivity index (χ1v) is 11.4. The molecule has 0 atom stereocenters. The molecule has 3 aliphatic carbocycles. The largest absolute Gasteiger partial charge is 0.192 e. The van der Waals surface area contributed by atoms with E-state index in [0.717, 1.165) is 11.5 Å². The molecule has 1 heteroatoms. The minimum Gasteiger partial charge on any atom is -0.192 e. The Morgan fingerprint density at radius 1 is 0.577 bits per heavy atom. The molecule has 0 radical (unpaired) electrons. The Morgan fingerprint density at radius 3 is 1.35 bits per heavy atom. The summed E-state index contributed by atoms with van der Waals surface area (Å²) in [4.78, 5) is 0. The molecule has 1 aromatic rings. The fraction of sp³-hybridized carbons (Fsp3) is 0.720. The molecule has 3 aliphatic rings. The van der Waals surface area contributed by atoms with E-state index in [4.69, 9.17) is 0 Å². The molecule has 3 saturated carbocycles. The van der Waals surface area contributed by atoms with E-state index in [1.807, 2.05) is 0 Å². The zero-order valence-electron chi connectivity index (χ0n) is 16.4. The highest BCUT2D eigenvalue weighted by Crippen LogP contribution is 2.43. The molecular weight excluding hydrogens is 314 g/mol. The van der Waals surface area contributed by atoms with Gasteiger partial charge in [0.2, 0.25) is 0 Å². The van der Waals surface area contributed by atoms with Crippen LogP contribution in [0.2, 0.25) is 0 Å². The summed E-state index contributed by atoms with van der Waals surface area (Å²) in [5.74, 6) is 2.04. The van der Waals surface area contributed by atoms with E-state index in [2.05, 4.69) is 18.2 Å².